The van der Waals surface area contributed by atoms with E-state index < -0.39 is 0 Å². The van der Waals surface area contributed by atoms with E-state index in [2.05, 4.69) is 50.8 Å². The highest BCUT2D eigenvalue weighted by Crippen LogP contribution is 2.26. The van der Waals surface area contributed by atoms with Gasteiger partial charge in [0.1, 0.15) is 18.3 Å². The summed E-state index contributed by atoms with van der Waals surface area (Å²) in [6, 6.07) is 0. The fourth-order valence-corrected chi connectivity index (χ4v) is 9.82. The monoisotopic (exact) mass is 1240 g/mol. The van der Waals surface area contributed by atoms with Crippen molar-refractivity contribution in [2.75, 3.05) is 233 Å². The van der Waals surface area contributed by atoms with E-state index in [4.69, 9.17) is 85.2 Å². The Balaban J connectivity index is 1.25. The number of aryl methyl sites for hydroxylation is 1. The van der Waals surface area contributed by atoms with Crippen molar-refractivity contribution in [2.24, 2.45) is 0 Å². The zero-order valence-corrected chi connectivity index (χ0v) is 56.3. The van der Waals surface area contributed by atoms with Crippen molar-refractivity contribution in [3.8, 4) is 0 Å². The Morgan fingerprint density at radius 1 is 0.511 bits per heavy atom. The zero-order valence-electron chi connectivity index (χ0n) is 56.3. The second kappa shape index (κ2) is 30.3. The molecule has 6 aromatic rings. The molecule has 0 saturated heterocycles. The summed E-state index contributed by atoms with van der Waals surface area (Å²) in [5.41, 5.74) is 0.819. The molecule has 2 aliphatic rings. The van der Waals surface area contributed by atoms with Gasteiger partial charge in [0.15, 0.2) is 0 Å². The summed E-state index contributed by atoms with van der Waals surface area (Å²) in [6.45, 7) is 9.59. The summed E-state index contributed by atoms with van der Waals surface area (Å²) in [6.07, 6.45) is 8.25. The van der Waals surface area contributed by atoms with E-state index >= 15 is 0 Å². The third-order valence-electron chi connectivity index (χ3n) is 15.0. The first-order valence-electron chi connectivity index (χ1n) is 30.8. The van der Waals surface area contributed by atoms with Crippen LogP contribution < -0.4 is 78.9 Å². The summed E-state index contributed by atoms with van der Waals surface area (Å²) in [5.74, 6) is 8.81. The van der Waals surface area contributed by atoms with Crippen LogP contribution in [0.1, 0.15) is 83.2 Å². The van der Waals surface area contributed by atoms with E-state index in [1.54, 1.807) is 7.05 Å². The smallest absolute Gasteiger partial charge is 0.355 e. The quantitative estimate of drug-likeness (QED) is 0.0595. The molecule has 0 aliphatic carbocycles. The third-order valence-corrected chi connectivity index (χ3v) is 15.0. The molecule has 0 saturated carbocycles. The average molecular weight is 1240 g/mol. The molecular formula is C56H95N34+. The van der Waals surface area contributed by atoms with E-state index in [1.165, 1.54) is 0 Å². The van der Waals surface area contributed by atoms with E-state index in [-0.39, 0.29) is 26.7 Å². The number of unbranched alkanes of at least 4 members (excludes halogenated alkanes) is 3. The molecule has 8 heterocycles. The molecule has 0 radical (unpaired) electrons. The van der Waals surface area contributed by atoms with Gasteiger partial charge in [0, 0.05) is 150 Å². The van der Waals surface area contributed by atoms with Crippen LogP contribution in [0.3, 0.4) is 0 Å². The van der Waals surface area contributed by atoms with Gasteiger partial charge in [-0.05, 0) is 39.0 Å². The van der Waals surface area contributed by atoms with Crippen LogP contribution in [0.4, 0.5) is 89.2 Å². The minimum absolute atomic E-state index is 0.115. The lowest BCUT2D eigenvalue weighted by Gasteiger charge is -2.32. The Bertz CT molecular complexity index is 3320. The first-order valence-corrected chi connectivity index (χ1v) is 30.8. The molecule has 0 aromatic carbocycles. The van der Waals surface area contributed by atoms with Gasteiger partial charge in [0.25, 0.3) is 0 Å². The number of hydrogen-bond acceptors (Lipinski definition) is 33. The van der Waals surface area contributed by atoms with Crippen molar-refractivity contribution in [1.29, 1.82) is 5.41 Å². The molecule has 0 unspecified atom stereocenters. The maximum absolute atomic E-state index is 8.63. The van der Waals surface area contributed by atoms with Gasteiger partial charge in [0.05, 0.1) is 33.2 Å². The van der Waals surface area contributed by atoms with Crippen LogP contribution in [0, 0.1) is 5.41 Å². The van der Waals surface area contributed by atoms with Gasteiger partial charge in [-0.3, -0.25) is 4.90 Å². The topological polar surface area (TPSA) is 313 Å². The number of nitrogens with one attached hydrogen (secondary N) is 3. The highest BCUT2D eigenvalue weighted by atomic mass is 15.5. The molecule has 0 spiro atoms. The molecule has 3 N–H and O–H groups in total. The molecule has 0 atom stereocenters. The molecule has 0 amide bonds. The summed E-state index contributed by atoms with van der Waals surface area (Å²) < 4.78 is 2.22. The van der Waals surface area contributed by atoms with E-state index in [9.17, 15) is 0 Å². The van der Waals surface area contributed by atoms with Crippen molar-refractivity contribution in [2.45, 2.75) is 91.5 Å². The Morgan fingerprint density at radius 2 is 1.03 bits per heavy atom. The normalized spacial score (nSPS) is 14.3. The summed E-state index contributed by atoms with van der Waals surface area (Å²) in [4.78, 5) is 111. The number of likely N-dealkylation sites (N-methyl/N-ethyl adjacent to an activating group) is 1. The number of fused-ring (bicyclic) bond motifs is 10. The molecule has 6 aromatic heterocycles. The largest absolute Gasteiger partial charge is 0.357 e. The van der Waals surface area contributed by atoms with E-state index in [0.29, 0.717) is 147 Å². The van der Waals surface area contributed by atoms with Crippen molar-refractivity contribution in [3.63, 3.8) is 0 Å². The van der Waals surface area contributed by atoms with E-state index in [0.717, 1.165) is 62.4 Å². The van der Waals surface area contributed by atoms with Gasteiger partial charge in [-0.1, -0.05) is 36.7 Å². The SMILES string of the molecule is CCCCCC(=N)CCCC[n+]1c(CC)nc2nc1N(C)CN(C)c1nc(NC)nc(n1)N(CC)CN1CNc3nc(N(C)C)nc(n3)N(C)CN(CCc3nc(N(C)C)nc(N(C)C)n3)c3nc(N(C)C)nc(n3)N(C)CN(C)c3nc(nc1n3)CCN2C. The van der Waals surface area contributed by atoms with Crippen LogP contribution in [0.5, 0.6) is 0 Å². The summed E-state index contributed by atoms with van der Waals surface area (Å²) in [5, 5.41) is 15.4. The Kier molecular flexibility index (Phi) is 22.4. The van der Waals surface area contributed by atoms with Crippen molar-refractivity contribution in [1.82, 2.24) is 84.7 Å². The predicted octanol–water partition coefficient (Wildman–Crippen LogP) is 2.20. The highest BCUT2D eigenvalue weighted by molar-refractivity contribution is 5.81. The number of hydrogen-bond donors (Lipinski definition) is 3. The van der Waals surface area contributed by atoms with Gasteiger partial charge in [-0.15, -0.1) is 0 Å². The third kappa shape index (κ3) is 16.9. The Morgan fingerprint density at radius 3 is 1.66 bits per heavy atom. The minimum atomic E-state index is 0.115. The molecule has 2 aliphatic heterocycles. The van der Waals surface area contributed by atoms with Crippen molar-refractivity contribution in [3.05, 3.63) is 17.5 Å². The lowest BCUT2D eigenvalue weighted by Crippen LogP contribution is -2.49. The van der Waals surface area contributed by atoms with Crippen LogP contribution in [0.2, 0.25) is 0 Å². The van der Waals surface area contributed by atoms with Crippen LogP contribution in [0.25, 0.3) is 0 Å². The molecule has 34 nitrogen and oxygen atoms in total. The fraction of sp³-hybridized carbons (Fsp3) is 0.661. The molecule has 0 fully saturated rings. The molecule has 488 valence electrons. The number of anilines is 15. The van der Waals surface area contributed by atoms with Crippen molar-refractivity contribution >= 4 is 94.9 Å². The first-order chi connectivity index (χ1) is 43.0. The average Bonchev–Trinajstić information content (AvgIpc) is 1.19. The second-order valence-corrected chi connectivity index (χ2v) is 23.5. The maximum atomic E-state index is 8.63. The van der Waals surface area contributed by atoms with Gasteiger partial charge in [-0.2, -0.15) is 74.8 Å². The summed E-state index contributed by atoms with van der Waals surface area (Å²) in [7, 11) is 28.8. The molecule has 11 bridgehead atoms. The molecule has 8 rings (SSSR count). The lowest BCUT2D eigenvalue weighted by atomic mass is 10.1. The zero-order chi connectivity index (χ0) is 64.9. The van der Waals surface area contributed by atoms with Crippen LogP contribution in [-0.2, 0) is 25.8 Å². The van der Waals surface area contributed by atoms with Gasteiger partial charge in [0.2, 0.25) is 83.2 Å². The predicted molar refractivity (Wildman–Crippen MR) is 357 cm³/mol. The van der Waals surface area contributed by atoms with Gasteiger partial charge < -0.3 is 74.8 Å². The summed E-state index contributed by atoms with van der Waals surface area (Å²) >= 11 is 0. The molecule has 34 heteroatoms. The standard InChI is InChI=1S/C56H95N34/c1-19-22-23-26-38(57)27-24-25-30-90-41(20-2)64-49-76-56(90)86(18)35-84(16)50-65-42(58-4)66-54(74-50)87(21-3)37-89-33-59-43-67-46(79(9)10)70-51(68-43)85(17)36-88(32-29-40-60-44(77(5)6)69-45(61-40)78(7)8)55-72-47(80(11)12)71-52(75-55)83(15)34-82(14)48-62-39(28-31-81(49)13)63-53(89)73-48/h57H,19-37H2,1-18H3,(H,58,65,66,74)(H,59,67,68,70)/q+1. The van der Waals surface area contributed by atoms with Crippen molar-refractivity contribution < 1.29 is 4.57 Å². The Labute approximate surface area is 529 Å². The van der Waals surface area contributed by atoms with Crippen LogP contribution >= 0.6 is 0 Å². The first kappa shape index (κ1) is 66.7. The number of aromatic nitrogens is 18. The number of rotatable bonds is 19. The number of nitrogens with zero attached hydrogens (tertiary/aromatic N) is 31. The minimum Gasteiger partial charge on any atom is -0.357 e. The highest BCUT2D eigenvalue weighted by Gasteiger charge is 2.30. The Hall–Kier alpha value is -9.27. The van der Waals surface area contributed by atoms with Gasteiger partial charge in [-0.25, -0.2) is 4.57 Å². The molecule has 90 heavy (non-hydrogen) atoms. The van der Waals surface area contributed by atoms with Gasteiger partial charge >= 0.3 is 11.9 Å². The lowest BCUT2D eigenvalue weighted by molar-refractivity contribution is -0.697. The maximum Gasteiger partial charge on any atom is 0.355 e. The van der Waals surface area contributed by atoms with Crippen LogP contribution in [0.15, 0.2) is 0 Å². The fourth-order valence-electron chi connectivity index (χ4n) is 9.82. The van der Waals surface area contributed by atoms with Crippen LogP contribution in [-0.4, -0.2) is 249 Å². The molecular weight excluding hydrogens is 1150 g/mol. The van der Waals surface area contributed by atoms with E-state index in [1.807, 2.05) is 153 Å². The second-order valence-electron chi connectivity index (χ2n) is 23.5.